The topological polar surface area (TPSA) is 62.6 Å². The van der Waals surface area contributed by atoms with Crippen LogP contribution in [0.5, 0.6) is 5.88 Å². The number of ether oxygens (including phenoxy) is 1. The van der Waals surface area contributed by atoms with Crippen LogP contribution >= 0.6 is 0 Å². The van der Waals surface area contributed by atoms with Crippen molar-refractivity contribution in [2.45, 2.75) is 26.4 Å². The molecule has 1 aromatic rings. The highest BCUT2D eigenvalue weighted by Crippen LogP contribution is 2.14. The van der Waals surface area contributed by atoms with E-state index in [0.29, 0.717) is 5.88 Å². The molecule has 0 radical (unpaired) electrons. The largest absolute Gasteiger partial charge is 0.475 e. The molecule has 0 unspecified atom stereocenters. The molecule has 0 bridgehead atoms. The highest BCUT2D eigenvalue weighted by Gasteiger charge is 2.02. The van der Waals surface area contributed by atoms with Crippen molar-refractivity contribution in [3.8, 4) is 5.88 Å². The van der Waals surface area contributed by atoms with E-state index in [1.165, 1.54) is 0 Å². The zero-order chi connectivity index (χ0) is 11.1. The van der Waals surface area contributed by atoms with Crippen molar-refractivity contribution >= 4 is 0 Å². The predicted octanol–water partition coefficient (Wildman–Crippen LogP) is 0.897. The van der Waals surface area contributed by atoms with Gasteiger partial charge in [0.2, 0.25) is 5.88 Å². The van der Waals surface area contributed by atoms with Crippen LogP contribution in [0.25, 0.3) is 0 Å². The van der Waals surface area contributed by atoms with Crippen LogP contribution in [0.3, 0.4) is 0 Å². The minimum Gasteiger partial charge on any atom is -0.475 e. The van der Waals surface area contributed by atoms with Gasteiger partial charge >= 0.3 is 0 Å². The van der Waals surface area contributed by atoms with E-state index in [1.807, 2.05) is 6.07 Å². The van der Waals surface area contributed by atoms with E-state index in [9.17, 15) is 0 Å². The van der Waals surface area contributed by atoms with Crippen molar-refractivity contribution in [3.63, 3.8) is 0 Å². The molecule has 0 saturated heterocycles. The Hall–Kier alpha value is -1.13. The number of hydrogen-bond acceptors (Lipinski definition) is 4. The third-order valence-electron chi connectivity index (χ3n) is 1.94. The van der Waals surface area contributed by atoms with Crippen molar-refractivity contribution in [2.24, 2.45) is 0 Å². The lowest BCUT2D eigenvalue weighted by atomic mass is 10.2. The minimum atomic E-state index is -0.0336. The van der Waals surface area contributed by atoms with Gasteiger partial charge in [0.05, 0.1) is 13.2 Å². The van der Waals surface area contributed by atoms with Crippen molar-refractivity contribution < 1.29 is 14.9 Å². The van der Waals surface area contributed by atoms with E-state index < -0.39 is 0 Å². The molecule has 84 valence electrons. The first-order valence-electron chi connectivity index (χ1n) is 5.14. The molecule has 0 atom stereocenters. The van der Waals surface area contributed by atoms with Gasteiger partial charge in [0.1, 0.15) is 6.61 Å². The number of aromatic nitrogens is 1. The van der Waals surface area contributed by atoms with Crippen molar-refractivity contribution in [1.82, 2.24) is 4.98 Å². The molecule has 4 heteroatoms. The van der Waals surface area contributed by atoms with Gasteiger partial charge < -0.3 is 14.9 Å². The molecule has 0 saturated carbocycles. The molecule has 1 heterocycles. The van der Waals surface area contributed by atoms with Crippen LogP contribution in [0.4, 0.5) is 0 Å². The third-order valence-corrected chi connectivity index (χ3v) is 1.94. The molecular weight excluding hydrogens is 194 g/mol. The van der Waals surface area contributed by atoms with Gasteiger partial charge in [-0.15, -0.1) is 0 Å². The third kappa shape index (κ3) is 3.85. The second-order valence-corrected chi connectivity index (χ2v) is 3.29. The summed E-state index contributed by atoms with van der Waals surface area (Å²) in [6.07, 6.45) is 1.87. The van der Waals surface area contributed by atoms with E-state index in [2.05, 4.69) is 11.9 Å². The molecule has 15 heavy (non-hydrogen) atoms. The molecule has 0 amide bonds. The summed E-state index contributed by atoms with van der Waals surface area (Å²) in [5.41, 5.74) is 1.71. The van der Waals surface area contributed by atoms with Gasteiger partial charge in [0.25, 0.3) is 0 Å². The van der Waals surface area contributed by atoms with E-state index >= 15 is 0 Å². The second kappa shape index (κ2) is 6.37. The number of pyridine rings is 1. The zero-order valence-electron chi connectivity index (χ0n) is 8.94. The van der Waals surface area contributed by atoms with E-state index in [-0.39, 0.29) is 19.8 Å². The summed E-state index contributed by atoms with van der Waals surface area (Å²) in [6, 6.07) is 3.56. The first-order valence-corrected chi connectivity index (χ1v) is 5.14. The van der Waals surface area contributed by atoms with Gasteiger partial charge in [-0.25, -0.2) is 4.98 Å². The Morgan fingerprint density at radius 1 is 1.33 bits per heavy atom. The molecule has 0 aliphatic carbocycles. The van der Waals surface area contributed by atoms with Crippen LogP contribution in [-0.4, -0.2) is 28.4 Å². The fourth-order valence-corrected chi connectivity index (χ4v) is 1.32. The maximum atomic E-state index is 9.05. The molecule has 0 aromatic carbocycles. The van der Waals surface area contributed by atoms with E-state index in [1.54, 1.807) is 6.07 Å². The number of nitrogens with zero attached hydrogens (tertiary/aromatic N) is 1. The zero-order valence-corrected chi connectivity index (χ0v) is 8.94. The summed E-state index contributed by atoms with van der Waals surface area (Å²) in [4.78, 5) is 4.26. The molecule has 1 aromatic heterocycles. The molecule has 2 N–H and O–H groups in total. The average molecular weight is 211 g/mol. The van der Waals surface area contributed by atoms with Gasteiger partial charge in [-0.2, -0.15) is 0 Å². The maximum Gasteiger partial charge on any atom is 0.213 e. The SMILES string of the molecule is CCCc1cc(CO)cc(OCCO)n1. The molecule has 1 rings (SSSR count). The molecule has 0 spiro atoms. The molecular formula is C11H17NO3. The Balaban J connectivity index is 2.79. The lowest BCUT2D eigenvalue weighted by Gasteiger charge is -2.07. The van der Waals surface area contributed by atoms with Crippen LogP contribution in [0.2, 0.25) is 0 Å². The van der Waals surface area contributed by atoms with Gasteiger partial charge in [0.15, 0.2) is 0 Å². The number of aryl methyl sites for hydroxylation is 1. The Morgan fingerprint density at radius 3 is 2.73 bits per heavy atom. The van der Waals surface area contributed by atoms with Crippen LogP contribution in [0.1, 0.15) is 24.6 Å². The highest BCUT2D eigenvalue weighted by atomic mass is 16.5. The van der Waals surface area contributed by atoms with Crippen molar-refractivity contribution in [3.05, 3.63) is 23.4 Å². The Morgan fingerprint density at radius 2 is 2.13 bits per heavy atom. The number of aliphatic hydroxyl groups excluding tert-OH is 2. The molecule has 0 aliphatic heterocycles. The maximum absolute atomic E-state index is 9.05. The monoisotopic (exact) mass is 211 g/mol. The Labute approximate surface area is 89.5 Å². The minimum absolute atomic E-state index is 0.0191. The van der Waals surface area contributed by atoms with Gasteiger partial charge in [-0.05, 0) is 18.1 Å². The summed E-state index contributed by atoms with van der Waals surface area (Å²) in [5.74, 6) is 0.471. The van der Waals surface area contributed by atoms with Crippen LogP contribution in [0, 0.1) is 0 Å². The first kappa shape index (κ1) is 11.9. The normalized spacial score (nSPS) is 10.3. The summed E-state index contributed by atoms with van der Waals surface area (Å²) >= 11 is 0. The fraction of sp³-hybridized carbons (Fsp3) is 0.545. The van der Waals surface area contributed by atoms with Crippen molar-refractivity contribution in [1.29, 1.82) is 0 Å². The highest BCUT2D eigenvalue weighted by molar-refractivity contribution is 5.24. The van der Waals surface area contributed by atoms with Gasteiger partial charge in [0, 0.05) is 11.8 Å². The lowest BCUT2D eigenvalue weighted by Crippen LogP contribution is -2.05. The molecule has 4 nitrogen and oxygen atoms in total. The lowest BCUT2D eigenvalue weighted by molar-refractivity contribution is 0.196. The summed E-state index contributed by atoms with van der Waals surface area (Å²) < 4.78 is 5.21. The number of rotatable bonds is 6. The van der Waals surface area contributed by atoms with Crippen LogP contribution < -0.4 is 4.74 Å². The smallest absolute Gasteiger partial charge is 0.213 e. The quantitative estimate of drug-likeness (QED) is 0.733. The fourth-order valence-electron chi connectivity index (χ4n) is 1.32. The Kier molecular flexibility index (Phi) is 5.07. The second-order valence-electron chi connectivity index (χ2n) is 3.29. The average Bonchev–Trinajstić information content (AvgIpc) is 2.26. The van der Waals surface area contributed by atoms with Crippen LogP contribution in [-0.2, 0) is 13.0 Å². The number of aliphatic hydroxyl groups is 2. The Bertz CT molecular complexity index is 302. The predicted molar refractivity (Wildman–Crippen MR) is 56.7 cm³/mol. The summed E-state index contributed by atoms with van der Waals surface area (Å²) in [7, 11) is 0. The molecule has 0 fully saturated rings. The van der Waals surface area contributed by atoms with Gasteiger partial charge in [-0.1, -0.05) is 13.3 Å². The standard InChI is InChI=1S/C11H17NO3/c1-2-3-10-6-9(8-14)7-11(12-10)15-5-4-13/h6-7,13-14H,2-5,8H2,1H3. The summed E-state index contributed by atoms with van der Waals surface area (Å²) in [5, 5.41) is 17.7. The first-order chi connectivity index (χ1) is 7.30. The van der Waals surface area contributed by atoms with Gasteiger partial charge in [-0.3, -0.25) is 0 Å². The van der Waals surface area contributed by atoms with E-state index in [0.717, 1.165) is 24.1 Å². The summed E-state index contributed by atoms with van der Waals surface area (Å²) in [6.45, 7) is 2.25. The van der Waals surface area contributed by atoms with Crippen LogP contribution in [0.15, 0.2) is 12.1 Å². The molecule has 0 aliphatic rings. The van der Waals surface area contributed by atoms with E-state index in [4.69, 9.17) is 14.9 Å². The van der Waals surface area contributed by atoms with Crippen molar-refractivity contribution in [2.75, 3.05) is 13.2 Å². The number of hydrogen-bond donors (Lipinski definition) is 2.